The Labute approximate surface area is 128 Å². The maximum absolute atomic E-state index is 5.96. The van der Waals surface area contributed by atoms with E-state index in [2.05, 4.69) is 43.3 Å². The van der Waals surface area contributed by atoms with E-state index in [1.165, 1.54) is 42.9 Å². The summed E-state index contributed by atoms with van der Waals surface area (Å²) in [5, 5.41) is 2.44. The summed E-state index contributed by atoms with van der Waals surface area (Å²) in [7, 11) is 0. The number of benzene rings is 2. The molecule has 21 heavy (non-hydrogen) atoms. The molecule has 2 heteroatoms. The van der Waals surface area contributed by atoms with Gasteiger partial charge in [0.05, 0.1) is 6.61 Å². The van der Waals surface area contributed by atoms with Crippen molar-refractivity contribution >= 4 is 10.8 Å². The number of ether oxygens (including phenoxy) is 1. The molecule has 0 aromatic heterocycles. The molecule has 0 aliphatic rings. The number of unbranched alkanes of at least 4 members (excludes halogenated alkanes) is 5. The zero-order valence-electron chi connectivity index (χ0n) is 13.1. The molecule has 0 aliphatic heterocycles. The second-order valence-electron chi connectivity index (χ2n) is 5.58. The minimum Gasteiger partial charge on any atom is -0.493 e. The molecule has 0 radical (unpaired) electrons. The predicted octanol–water partition coefficient (Wildman–Crippen LogP) is 5.04. The molecule has 2 N–H and O–H groups in total. The first-order chi connectivity index (χ1) is 10.4. The Hall–Kier alpha value is -1.54. The number of fused-ring (bicyclic) bond motifs is 1. The fourth-order valence-electron chi connectivity index (χ4n) is 2.73. The summed E-state index contributed by atoms with van der Waals surface area (Å²) >= 11 is 0. The van der Waals surface area contributed by atoms with Gasteiger partial charge in [-0.1, -0.05) is 69.4 Å². The van der Waals surface area contributed by atoms with E-state index in [-0.39, 0.29) is 0 Å². The van der Waals surface area contributed by atoms with Crippen molar-refractivity contribution in [3.8, 4) is 5.75 Å². The van der Waals surface area contributed by atoms with Gasteiger partial charge in [-0.25, -0.2) is 0 Å². The third-order valence-corrected chi connectivity index (χ3v) is 3.96. The van der Waals surface area contributed by atoms with Crippen LogP contribution in [0.2, 0.25) is 0 Å². The van der Waals surface area contributed by atoms with Gasteiger partial charge in [0.25, 0.3) is 0 Å². The smallest absolute Gasteiger partial charge is 0.124 e. The number of rotatable bonds is 9. The molecule has 114 valence electrons. The average Bonchev–Trinajstić information content (AvgIpc) is 2.53. The molecule has 2 rings (SSSR count). The molecule has 2 aromatic rings. The highest BCUT2D eigenvalue weighted by Crippen LogP contribution is 2.27. The van der Waals surface area contributed by atoms with Gasteiger partial charge < -0.3 is 10.5 Å². The SMILES string of the molecule is CCCCCCCCOc1ccc2ccccc2c1CN. The lowest BCUT2D eigenvalue weighted by Crippen LogP contribution is -2.04. The van der Waals surface area contributed by atoms with Gasteiger partial charge in [0, 0.05) is 12.1 Å². The molecule has 2 nitrogen and oxygen atoms in total. The van der Waals surface area contributed by atoms with Crippen molar-refractivity contribution in [1.82, 2.24) is 0 Å². The Morgan fingerprint density at radius 2 is 1.67 bits per heavy atom. The quantitative estimate of drug-likeness (QED) is 0.655. The average molecular weight is 285 g/mol. The van der Waals surface area contributed by atoms with Crippen LogP contribution in [0.1, 0.15) is 51.0 Å². The van der Waals surface area contributed by atoms with Gasteiger partial charge in [0.2, 0.25) is 0 Å². The molecular weight excluding hydrogens is 258 g/mol. The predicted molar refractivity (Wildman–Crippen MR) is 90.7 cm³/mol. The van der Waals surface area contributed by atoms with Crippen LogP contribution in [0.3, 0.4) is 0 Å². The molecule has 0 heterocycles. The van der Waals surface area contributed by atoms with Gasteiger partial charge in [0.1, 0.15) is 5.75 Å². The first kappa shape index (κ1) is 15.8. The standard InChI is InChI=1S/C19H27NO/c1-2-3-4-5-6-9-14-21-19-13-12-16-10-7-8-11-17(16)18(19)15-20/h7-8,10-13H,2-6,9,14-15,20H2,1H3. The van der Waals surface area contributed by atoms with Gasteiger partial charge in [-0.15, -0.1) is 0 Å². The maximum atomic E-state index is 5.96. The first-order valence-electron chi connectivity index (χ1n) is 8.20. The van der Waals surface area contributed by atoms with Crippen LogP contribution >= 0.6 is 0 Å². The van der Waals surface area contributed by atoms with E-state index in [9.17, 15) is 0 Å². The largest absolute Gasteiger partial charge is 0.493 e. The lowest BCUT2D eigenvalue weighted by Gasteiger charge is -2.13. The first-order valence-corrected chi connectivity index (χ1v) is 8.20. The van der Waals surface area contributed by atoms with Gasteiger partial charge in [0.15, 0.2) is 0 Å². The second-order valence-corrected chi connectivity index (χ2v) is 5.58. The highest BCUT2D eigenvalue weighted by molar-refractivity contribution is 5.87. The van der Waals surface area contributed by atoms with Crippen LogP contribution in [-0.4, -0.2) is 6.61 Å². The van der Waals surface area contributed by atoms with Gasteiger partial charge in [-0.05, 0) is 23.3 Å². The zero-order valence-corrected chi connectivity index (χ0v) is 13.1. The summed E-state index contributed by atoms with van der Waals surface area (Å²) in [6.07, 6.45) is 7.70. The topological polar surface area (TPSA) is 35.2 Å². The Morgan fingerprint density at radius 1 is 0.905 bits per heavy atom. The number of nitrogens with two attached hydrogens (primary N) is 1. The molecule has 0 fully saturated rings. The van der Waals surface area contributed by atoms with Crippen molar-refractivity contribution in [2.24, 2.45) is 5.73 Å². The van der Waals surface area contributed by atoms with Gasteiger partial charge >= 0.3 is 0 Å². The van der Waals surface area contributed by atoms with Crippen molar-refractivity contribution in [1.29, 1.82) is 0 Å². The summed E-state index contributed by atoms with van der Waals surface area (Å²) in [6, 6.07) is 12.5. The minimum atomic E-state index is 0.521. The van der Waals surface area contributed by atoms with Crippen LogP contribution in [0.4, 0.5) is 0 Å². The lowest BCUT2D eigenvalue weighted by molar-refractivity contribution is 0.302. The molecular formula is C19H27NO. The number of hydrogen-bond donors (Lipinski definition) is 1. The maximum Gasteiger partial charge on any atom is 0.124 e. The third kappa shape index (κ3) is 4.47. The summed E-state index contributed by atoms with van der Waals surface area (Å²) < 4.78 is 5.96. The van der Waals surface area contributed by atoms with Crippen LogP contribution < -0.4 is 10.5 Å². The fraction of sp³-hybridized carbons (Fsp3) is 0.474. The van der Waals surface area contributed by atoms with Crippen molar-refractivity contribution in [2.75, 3.05) is 6.61 Å². The molecule has 0 saturated heterocycles. The van der Waals surface area contributed by atoms with E-state index < -0.39 is 0 Å². The van der Waals surface area contributed by atoms with Crippen LogP contribution in [0.5, 0.6) is 5.75 Å². The minimum absolute atomic E-state index is 0.521. The monoisotopic (exact) mass is 285 g/mol. The summed E-state index contributed by atoms with van der Waals surface area (Å²) in [4.78, 5) is 0. The fourth-order valence-corrected chi connectivity index (χ4v) is 2.73. The summed E-state index contributed by atoms with van der Waals surface area (Å²) in [5.41, 5.74) is 7.05. The van der Waals surface area contributed by atoms with Gasteiger partial charge in [-0.3, -0.25) is 0 Å². The van der Waals surface area contributed by atoms with Crippen LogP contribution in [0.25, 0.3) is 10.8 Å². The number of hydrogen-bond acceptors (Lipinski definition) is 2. The summed E-state index contributed by atoms with van der Waals surface area (Å²) in [5.74, 6) is 0.949. The van der Waals surface area contributed by atoms with Crippen LogP contribution in [0.15, 0.2) is 36.4 Å². The zero-order chi connectivity index (χ0) is 14.9. The summed E-state index contributed by atoms with van der Waals surface area (Å²) in [6.45, 7) is 3.56. The molecule has 0 amide bonds. The Kier molecular flexibility index (Phi) is 6.55. The highest BCUT2D eigenvalue weighted by atomic mass is 16.5. The van der Waals surface area contributed by atoms with Crippen LogP contribution in [-0.2, 0) is 6.54 Å². The second kappa shape index (κ2) is 8.68. The molecule has 0 unspecified atom stereocenters. The van der Waals surface area contributed by atoms with Gasteiger partial charge in [-0.2, -0.15) is 0 Å². The van der Waals surface area contributed by atoms with E-state index in [1.807, 2.05) is 0 Å². The Morgan fingerprint density at radius 3 is 2.48 bits per heavy atom. The van der Waals surface area contributed by atoms with Crippen molar-refractivity contribution in [3.05, 3.63) is 42.0 Å². The normalized spacial score (nSPS) is 11.0. The molecule has 2 aromatic carbocycles. The Balaban J connectivity index is 1.90. The molecule has 0 atom stereocenters. The molecule has 0 spiro atoms. The van der Waals surface area contributed by atoms with Crippen molar-refractivity contribution in [3.63, 3.8) is 0 Å². The molecule has 0 saturated carbocycles. The molecule has 0 bridgehead atoms. The van der Waals surface area contributed by atoms with E-state index >= 15 is 0 Å². The van der Waals surface area contributed by atoms with E-state index in [0.717, 1.165) is 24.3 Å². The van der Waals surface area contributed by atoms with Crippen LogP contribution in [0, 0.1) is 0 Å². The van der Waals surface area contributed by atoms with E-state index in [0.29, 0.717) is 6.54 Å². The van der Waals surface area contributed by atoms with Crippen molar-refractivity contribution < 1.29 is 4.74 Å². The molecule has 0 aliphatic carbocycles. The van der Waals surface area contributed by atoms with E-state index in [1.54, 1.807) is 0 Å². The highest BCUT2D eigenvalue weighted by Gasteiger charge is 2.06. The van der Waals surface area contributed by atoms with E-state index in [4.69, 9.17) is 10.5 Å². The third-order valence-electron chi connectivity index (χ3n) is 3.96. The lowest BCUT2D eigenvalue weighted by atomic mass is 10.0. The Bertz CT molecular complexity index is 550. The van der Waals surface area contributed by atoms with Crippen molar-refractivity contribution in [2.45, 2.75) is 52.0 Å².